The summed E-state index contributed by atoms with van der Waals surface area (Å²) in [6.45, 7) is 0. The Hall–Kier alpha value is -2.11. The number of carboxylic acid groups (broad SMARTS) is 2. The molecule has 0 aliphatic carbocycles. The minimum atomic E-state index is -1.24. The molecule has 0 aliphatic heterocycles. The molecule has 1 atom stereocenters. The molecule has 1 aromatic rings. The number of nitrogens with zero attached hydrogens (tertiary/aromatic N) is 1. The number of rotatable bonds is 5. The van der Waals surface area contributed by atoms with Gasteiger partial charge in [0.2, 0.25) is 0 Å². The van der Waals surface area contributed by atoms with Crippen molar-refractivity contribution in [3.63, 3.8) is 0 Å². The predicted molar refractivity (Wildman–Crippen MR) is 53.4 cm³/mol. The van der Waals surface area contributed by atoms with E-state index in [0.717, 1.165) is 0 Å². The lowest BCUT2D eigenvalue weighted by Gasteiger charge is -2.12. The maximum Gasteiger partial charge on any atom is 0.313 e. The number of methoxy groups -OCH3 is 1. The third-order valence-electron chi connectivity index (χ3n) is 2.03. The molecule has 0 fully saturated rings. The standard InChI is InChI=1S/C10H11NO5/c1-16-7-3-2-4-11-9(7)6(10(14)15)5-8(12)13/h2-4,6H,5H2,1H3,(H,12,13)(H,14,15). The lowest BCUT2D eigenvalue weighted by atomic mass is 10.0. The SMILES string of the molecule is COc1cccnc1C(CC(=O)O)C(=O)O. The number of pyridine rings is 1. The first-order valence-electron chi connectivity index (χ1n) is 4.49. The van der Waals surface area contributed by atoms with Crippen molar-refractivity contribution in [3.8, 4) is 5.75 Å². The van der Waals surface area contributed by atoms with E-state index in [1.54, 1.807) is 12.1 Å². The average molecular weight is 225 g/mol. The van der Waals surface area contributed by atoms with E-state index in [1.165, 1.54) is 13.3 Å². The Morgan fingerprint density at radius 1 is 1.50 bits per heavy atom. The summed E-state index contributed by atoms with van der Waals surface area (Å²) in [5, 5.41) is 17.6. The first kappa shape index (κ1) is 12.0. The van der Waals surface area contributed by atoms with Crippen LogP contribution in [0.15, 0.2) is 18.3 Å². The Kier molecular flexibility index (Phi) is 3.82. The van der Waals surface area contributed by atoms with Gasteiger partial charge in [0.15, 0.2) is 0 Å². The fraction of sp³-hybridized carbons (Fsp3) is 0.300. The Morgan fingerprint density at radius 2 is 2.19 bits per heavy atom. The van der Waals surface area contributed by atoms with Crippen molar-refractivity contribution in [1.82, 2.24) is 4.98 Å². The fourth-order valence-electron chi connectivity index (χ4n) is 1.31. The maximum atomic E-state index is 10.9. The monoisotopic (exact) mass is 225 g/mol. The topological polar surface area (TPSA) is 96.7 Å². The van der Waals surface area contributed by atoms with E-state index < -0.39 is 24.3 Å². The van der Waals surface area contributed by atoms with Crippen molar-refractivity contribution in [1.29, 1.82) is 0 Å². The molecule has 0 aromatic carbocycles. The maximum absolute atomic E-state index is 10.9. The summed E-state index contributed by atoms with van der Waals surface area (Å²) < 4.78 is 4.94. The van der Waals surface area contributed by atoms with Crippen molar-refractivity contribution >= 4 is 11.9 Å². The number of aliphatic carboxylic acids is 2. The summed E-state index contributed by atoms with van der Waals surface area (Å²) in [5.41, 5.74) is 0.125. The third kappa shape index (κ3) is 2.69. The van der Waals surface area contributed by atoms with Gasteiger partial charge >= 0.3 is 11.9 Å². The van der Waals surface area contributed by atoms with Crippen LogP contribution in [-0.2, 0) is 9.59 Å². The summed E-state index contributed by atoms with van der Waals surface area (Å²) in [5.74, 6) is -3.36. The molecule has 16 heavy (non-hydrogen) atoms. The predicted octanol–water partition coefficient (Wildman–Crippen LogP) is 0.733. The molecule has 0 radical (unpaired) electrons. The van der Waals surface area contributed by atoms with E-state index in [4.69, 9.17) is 14.9 Å². The summed E-state index contributed by atoms with van der Waals surface area (Å²) in [6, 6.07) is 3.13. The quantitative estimate of drug-likeness (QED) is 0.766. The Morgan fingerprint density at radius 3 is 2.69 bits per heavy atom. The minimum absolute atomic E-state index is 0.125. The second-order valence-electron chi connectivity index (χ2n) is 3.08. The molecule has 0 aliphatic rings. The van der Waals surface area contributed by atoms with Crippen molar-refractivity contribution in [3.05, 3.63) is 24.0 Å². The summed E-state index contributed by atoms with van der Waals surface area (Å²) in [7, 11) is 1.38. The zero-order valence-electron chi connectivity index (χ0n) is 8.58. The number of carbonyl (C=O) groups is 2. The highest BCUT2D eigenvalue weighted by atomic mass is 16.5. The van der Waals surface area contributed by atoms with Crippen LogP contribution in [0.4, 0.5) is 0 Å². The lowest BCUT2D eigenvalue weighted by molar-refractivity contribution is -0.145. The summed E-state index contributed by atoms with van der Waals surface area (Å²) in [6.07, 6.45) is 0.873. The lowest BCUT2D eigenvalue weighted by Crippen LogP contribution is -2.17. The normalized spacial score (nSPS) is 11.8. The smallest absolute Gasteiger partial charge is 0.313 e. The van der Waals surface area contributed by atoms with Crippen LogP contribution in [0.2, 0.25) is 0 Å². The van der Waals surface area contributed by atoms with E-state index in [1.807, 2.05) is 0 Å². The van der Waals surface area contributed by atoms with Gasteiger partial charge in [-0.1, -0.05) is 0 Å². The van der Waals surface area contributed by atoms with Crippen molar-refractivity contribution < 1.29 is 24.5 Å². The molecule has 0 saturated carbocycles. The van der Waals surface area contributed by atoms with Crippen LogP contribution < -0.4 is 4.74 Å². The van der Waals surface area contributed by atoms with E-state index in [0.29, 0.717) is 0 Å². The largest absolute Gasteiger partial charge is 0.495 e. The number of carboxylic acids is 2. The number of aromatic nitrogens is 1. The molecule has 1 heterocycles. The second kappa shape index (κ2) is 5.11. The molecule has 1 rings (SSSR count). The molecule has 2 N–H and O–H groups in total. The third-order valence-corrected chi connectivity index (χ3v) is 2.03. The highest BCUT2D eigenvalue weighted by Gasteiger charge is 2.27. The van der Waals surface area contributed by atoms with Crippen molar-refractivity contribution in [2.24, 2.45) is 0 Å². The van der Waals surface area contributed by atoms with E-state index in [9.17, 15) is 9.59 Å². The zero-order chi connectivity index (χ0) is 12.1. The van der Waals surface area contributed by atoms with Gasteiger partial charge in [0.05, 0.1) is 19.2 Å². The zero-order valence-corrected chi connectivity index (χ0v) is 8.58. The van der Waals surface area contributed by atoms with Crippen LogP contribution in [0.25, 0.3) is 0 Å². The molecule has 0 spiro atoms. The van der Waals surface area contributed by atoms with E-state index >= 15 is 0 Å². The molecule has 0 amide bonds. The number of ether oxygens (including phenoxy) is 1. The van der Waals surface area contributed by atoms with Gasteiger partial charge in [-0.2, -0.15) is 0 Å². The first-order chi connectivity index (χ1) is 7.56. The summed E-state index contributed by atoms with van der Waals surface area (Å²) in [4.78, 5) is 25.4. The van der Waals surface area contributed by atoms with Crippen molar-refractivity contribution in [2.75, 3.05) is 7.11 Å². The molecule has 1 aromatic heterocycles. The number of hydrogen-bond donors (Lipinski definition) is 2. The molecule has 1 unspecified atom stereocenters. The highest BCUT2D eigenvalue weighted by Crippen LogP contribution is 2.26. The Labute approximate surface area is 91.5 Å². The van der Waals surface area contributed by atoms with Crippen LogP contribution in [0, 0.1) is 0 Å². The van der Waals surface area contributed by atoms with Crippen LogP contribution >= 0.6 is 0 Å². The van der Waals surface area contributed by atoms with Gasteiger partial charge < -0.3 is 14.9 Å². The first-order valence-corrected chi connectivity index (χ1v) is 4.49. The van der Waals surface area contributed by atoms with E-state index in [-0.39, 0.29) is 11.4 Å². The van der Waals surface area contributed by atoms with Crippen LogP contribution in [0.3, 0.4) is 0 Å². The summed E-state index contributed by atoms with van der Waals surface area (Å²) >= 11 is 0. The molecular formula is C10H11NO5. The van der Waals surface area contributed by atoms with Crippen molar-refractivity contribution in [2.45, 2.75) is 12.3 Å². The van der Waals surface area contributed by atoms with Gasteiger partial charge in [-0.3, -0.25) is 14.6 Å². The molecule has 86 valence electrons. The van der Waals surface area contributed by atoms with Gasteiger partial charge in [0, 0.05) is 6.20 Å². The fourth-order valence-corrected chi connectivity index (χ4v) is 1.31. The van der Waals surface area contributed by atoms with Gasteiger partial charge in [-0.05, 0) is 12.1 Å². The van der Waals surface area contributed by atoms with Gasteiger partial charge in [0.25, 0.3) is 0 Å². The highest BCUT2D eigenvalue weighted by molar-refractivity contribution is 5.82. The minimum Gasteiger partial charge on any atom is -0.495 e. The van der Waals surface area contributed by atoms with Gasteiger partial charge in [-0.25, -0.2) is 0 Å². The molecule has 0 bridgehead atoms. The Bertz CT molecular complexity index is 404. The van der Waals surface area contributed by atoms with Gasteiger partial charge in [-0.15, -0.1) is 0 Å². The Balaban J connectivity index is 3.10. The molecule has 0 saturated heterocycles. The molecule has 6 heteroatoms. The average Bonchev–Trinajstić information content (AvgIpc) is 2.25. The van der Waals surface area contributed by atoms with E-state index in [2.05, 4.69) is 4.98 Å². The number of hydrogen-bond acceptors (Lipinski definition) is 4. The van der Waals surface area contributed by atoms with Crippen LogP contribution in [-0.4, -0.2) is 34.2 Å². The molecular weight excluding hydrogens is 214 g/mol. The van der Waals surface area contributed by atoms with Crippen LogP contribution in [0.1, 0.15) is 18.0 Å². The second-order valence-corrected chi connectivity index (χ2v) is 3.08. The van der Waals surface area contributed by atoms with Crippen LogP contribution in [0.5, 0.6) is 5.75 Å². The van der Waals surface area contributed by atoms with Gasteiger partial charge in [0.1, 0.15) is 11.7 Å². The molecule has 6 nitrogen and oxygen atoms in total.